The Kier molecular flexibility index (Phi) is 0.940. The van der Waals surface area contributed by atoms with Crippen molar-refractivity contribution < 1.29 is 8.22 Å². The van der Waals surface area contributed by atoms with Crippen molar-refractivity contribution in [2.24, 2.45) is 0 Å². The van der Waals surface area contributed by atoms with Crippen molar-refractivity contribution in [3.8, 4) is 0 Å². The minimum Gasteiger partial charge on any atom is -0.258 e. The fourth-order valence-corrected chi connectivity index (χ4v) is 1.06. The minimum absolute atomic E-state index is 0.122. The molecule has 1 rings (SSSR count). The van der Waals surface area contributed by atoms with Crippen LogP contribution in [0.5, 0.6) is 0 Å². The molecule has 0 bridgehead atoms. The molecule has 0 fully saturated rings. The normalized spacial score (nSPS) is 21.2. The molecule has 0 N–H and O–H groups in total. The van der Waals surface area contributed by atoms with Gasteiger partial charge < -0.3 is 0 Å². The van der Waals surface area contributed by atoms with Crippen LogP contribution >= 0.6 is 0 Å². The maximum absolute atomic E-state index is 7.48. The van der Waals surface area contributed by atoms with Crippen LogP contribution in [-0.2, 0) is 5.41 Å². The van der Waals surface area contributed by atoms with E-state index in [0.29, 0.717) is 5.56 Å². The summed E-state index contributed by atoms with van der Waals surface area (Å²) in [4.78, 5) is 3.86. The quantitative estimate of drug-likeness (QED) is 0.582. The third-order valence-electron chi connectivity index (χ3n) is 1.70. The van der Waals surface area contributed by atoms with E-state index in [-0.39, 0.29) is 11.4 Å². The van der Waals surface area contributed by atoms with Crippen LogP contribution in [0.2, 0.25) is 0 Å². The zero-order valence-electron chi connectivity index (χ0n) is 13.6. The first-order valence-corrected chi connectivity index (χ1v) is 3.86. The van der Waals surface area contributed by atoms with Gasteiger partial charge in [0.25, 0.3) is 0 Å². The Morgan fingerprint density at radius 1 is 1.25 bits per heavy atom. The molecule has 1 aromatic heterocycles. The van der Waals surface area contributed by atoms with Gasteiger partial charge in [-0.05, 0) is 30.7 Å². The van der Waals surface area contributed by atoms with Crippen LogP contribution < -0.4 is 0 Å². The first-order valence-electron chi connectivity index (χ1n) is 6.86. The van der Waals surface area contributed by atoms with Crippen molar-refractivity contribution in [2.75, 3.05) is 0 Å². The van der Waals surface area contributed by atoms with Crippen LogP contribution in [0.1, 0.15) is 45.9 Å². The maximum atomic E-state index is 7.48. The summed E-state index contributed by atoms with van der Waals surface area (Å²) in [6, 6.07) is 2.93. The number of pyridine rings is 1. The third kappa shape index (κ3) is 1.84. The summed E-state index contributed by atoms with van der Waals surface area (Å²) >= 11 is 0. The lowest BCUT2D eigenvalue weighted by molar-refractivity contribution is 0.581. The van der Waals surface area contributed by atoms with Gasteiger partial charge in [-0.25, -0.2) is 0 Å². The molecule has 0 aromatic carbocycles. The molecule has 0 spiro atoms. The summed E-state index contributed by atoms with van der Waals surface area (Å²) in [6.45, 7) is 0.803. The van der Waals surface area contributed by atoms with E-state index in [2.05, 4.69) is 4.98 Å². The van der Waals surface area contributed by atoms with Gasteiger partial charge in [-0.2, -0.15) is 0 Å². The van der Waals surface area contributed by atoms with Crippen LogP contribution in [0.4, 0.5) is 0 Å². The van der Waals surface area contributed by atoms with E-state index < -0.39 is 19.1 Å². The van der Waals surface area contributed by atoms with Crippen LogP contribution in [0.25, 0.3) is 0 Å². The summed E-state index contributed by atoms with van der Waals surface area (Å²) in [5, 5.41) is 0. The Bertz CT molecular complexity index is 438. The van der Waals surface area contributed by atoms with Crippen molar-refractivity contribution in [3.05, 3.63) is 29.1 Å². The van der Waals surface area contributed by atoms with Gasteiger partial charge in [-0.15, -0.1) is 0 Å². The van der Waals surface area contributed by atoms with Crippen LogP contribution in [0.3, 0.4) is 0 Å². The predicted molar refractivity (Wildman–Crippen MR) is 52.4 cm³/mol. The van der Waals surface area contributed by atoms with Crippen LogP contribution in [-0.4, -0.2) is 4.98 Å². The maximum Gasteiger partial charge on any atom is 0.0413 e. The molecule has 0 saturated carbocycles. The number of aromatic nitrogens is 1. The molecule has 0 aliphatic heterocycles. The lowest BCUT2D eigenvalue weighted by atomic mass is 9.86. The number of hydrogen-bond donors (Lipinski definition) is 0. The zero-order chi connectivity index (χ0) is 14.4. The van der Waals surface area contributed by atoms with E-state index >= 15 is 0 Å². The highest BCUT2D eigenvalue weighted by Crippen LogP contribution is 2.24. The third-order valence-corrected chi connectivity index (χ3v) is 1.70. The Morgan fingerprint density at radius 2 is 2.00 bits per heavy atom. The predicted octanol–water partition coefficient (Wildman–Crippen LogP) is 3.00. The van der Waals surface area contributed by atoms with Crippen molar-refractivity contribution in [3.63, 3.8) is 0 Å². The molecule has 0 radical (unpaired) electrons. The summed E-state index contributed by atoms with van der Waals surface area (Å²) in [5.74, 6) is 0. The molecular weight excluding hydrogens is 146 g/mol. The van der Waals surface area contributed by atoms with E-state index in [0.717, 1.165) is 0 Å². The van der Waals surface area contributed by atoms with Gasteiger partial charge in [0.05, 0.1) is 0 Å². The largest absolute Gasteiger partial charge is 0.258 e. The van der Waals surface area contributed by atoms with Gasteiger partial charge in [-0.3, -0.25) is 4.98 Å². The van der Waals surface area contributed by atoms with E-state index in [9.17, 15) is 0 Å². The molecule has 1 heterocycles. The molecule has 0 saturated heterocycles. The Morgan fingerprint density at radius 3 is 2.50 bits per heavy atom. The SMILES string of the molecule is [2H]C([2H])([2H])c1ccc(C(C)(C)C)c(C([2H])([2H])[2H])n1. The fraction of sp³-hybridized carbons (Fsp3) is 0.545. The average Bonchev–Trinajstić information content (AvgIpc) is 2.12. The summed E-state index contributed by atoms with van der Waals surface area (Å²) in [7, 11) is 0. The van der Waals surface area contributed by atoms with Crippen LogP contribution in [0, 0.1) is 13.7 Å². The van der Waals surface area contributed by atoms with Gasteiger partial charge in [0.2, 0.25) is 0 Å². The van der Waals surface area contributed by atoms with Crippen molar-refractivity contribution >= 4 is 0 Å². The summed E-state index contributed by atoms with van der Waals surface area (Å²) in [6.07, 6.45) is 0. The highest BCUT2D eigenvalue weighted by Gasteiger charge is 2.16. The van der Waals surface area contributed by atoms with Crippen LogP contribution in [0.15, 0.2) is 12.1 Å². The molecule has 0 unspecified atom stereocenters. The first kappa shape index (κ1) is 3.91. The molecule has 1 aromatic rings. The van der Waals surface area contributed by atoms with E-state index in [1.807, 2.05) is 20.8 Å². The molecule has 1 heteroatoms. The van der Waals surface area contributed by atoms with E-state index in [1.54, 1.807) is 6.07 Å². The highest BCUT2D eigenvalue weighted by molar-refractivity contribution is 5.27. The minimum atomic E-state index is -2.41. The second-order valence-corrected chi connectivity index (χ2v) is 3.84. The van der Waals surface area contributed by atoms with E-state index in [1.165, 1.54) is 6.07 Å². The zero-order valence-corrected chi connectivity index (χ0v) is 7.60. The second kappa shape index (κ2) is 2.89. The number of nitrogens with zero attached hydrogens (tertiary/aromatic N) is 1. The van der Waals surface area contributed by atoms with Gasteiger partial charge in [-0.1, -0.05) is 26.8 Å². The second-order valence-electron chi connectivity index (χ2n) is 3.84. The average molecular weight is 169 g/mol. The van der Waals surface area contributed by atoms with Crippen molar-refractivity contribution in [1.82, 2.24) is 4.98 Å². The Labute approximate surface area is 83.3 Å². The highest BCUT2D eigenvalue weighted by atomic mass is 14.7. The topological polar surface area (TPSA) is 12.9 Å². The van der Waals surface area contributed by atoms with E-state index in [4.69, 9.17) is 8.22 Å². The molecule has 12 heavy (non-hydrogen) atoms. The fourth-order valence-electron chi connectivity index (χ4n) is 1.06. The molecule has 0 aliphatic rings. The lowest BCUT2D eigenvalue weighted by Gasteiger charge is -2.20. The molecular formula is C11H17N. The van der Waals surface area contributed by atoms with Gasteiger partial charge in [0, 0.05) is 19.6 Å². The molecule has 0 atom stereocenters. The molecule has 0 amide bonds. The smallest absolute Gasteiger partial charge is 0.0413 e. The van der Waals surface area contributed by atoms with Gasteiger partial charge >= 0.3 is 0 Å². The number of hydrogen-bond acceptors (Lipinski definition) is 1. The van der Waals surface area contributed by atoms with Crippen molar-refractivity contribution in [2.45, 2.75) is 39.9 Å². The molecule has 0 aliphatic carbocycles. The first-order chi connectivity index (χ1) is 7.83. The molecule has 66 valence electrons. The summed E-state index contributed by atoms with van der Waals surface area (Å²) < 4.78 is 44.3. The standard InChI is InChI=1S/C11H17N/c1-8-6-7-10(9(2)12-8)11(3,4)5/h6-7H,1-5H3/i1D3,2D3. The van der Waals surface area contributed by atoms with Gasteiger partial charge in [0.1, 0.15) is 0 Å². The molecule has 1 nitrogen and oxygen atoms in total. The number of aryl methyl sites for hydroxylation is 2. The number of rotatable bonds is 0. The Hall–Kier alpha value is -0.850. The monoisotopic (exact) mass is 169 g/mol. The van der Waals surface area contributed by atoms with Crippen molar-refractivity contribution in [1.29, 1.82) is 0 Å². The summed E-state index contributed by atoms with van der Waals surface area (Å²) in [5.41, 5.74) is -0.148. The lowest BCUT2D eigenvalue weighted by Crippen LogP contribution is -2.14. The van der Waals surface area contributed by atoms with Gasteiger partial charge in [0.15, 0.2) is 0 Å². The Balaban J connectivity index is 3.50.